The lowest BCUT2D eigenvalue weighted by Crippen LogP contribution is -2.11. The zero-order valence-electron chi connectivity index (χ0n) is 8.33. The van der Waals surface area contributed by atoms with Crippen LogP contribution in [0.25, 0.3) is 0 Å². The van der Waals surface area contributed by atoms with E-state index in [9.17, 15) is 4.79 Å². The van der Waals surface area contributed by atoms with Crippen molar-refractivity contribution >= 4 is 5.69 Å². The number of pyridine rings is 1. The Labute approximate surface area is 82.4 Å². The molecule has 4 nitrogen and oxygen atoms in total. The second-order valence-corrected chi connectivity index (χ2v) is 3.02. The van der Waals surface area contributed by atoms with Crippen molar-refractivity contribution in [3.8, 4) is 5.75 Å². The number of rotatable bonds is 3. The predicted octanol–water partition coefficient (Wildman–Crippen LogP) is 1.65. The van der Waals surface area contributed by atoms with E-state index >= 15 is 0 Å². The van der Waals surface area contributed by atoms with E-state index in [1.807, 2.05) is 13.8 Å². The number of H-pyrrole nitrogens is 1. The molecule has 1 aromatic rings. The van der Waals surface area contributed by atoms with Crippen molar-refractivity contribution in [3.05, 3.63) is 34.5 Å². The van der Waals surface area contributed by atoms with Gasteiger partial charge in [-0.15, -0.1) is 0 Å². The fourth-order valence-corrected chi connectivity index (χ4v) is 0.823. The van der Waals surface area contributed by atoms with Crippen LogP contribution in [0.2, 0.25) is 0 Å². The van der Waals surface area contributed by atoms with Gasteiger partial charge in [0.25, 0.3) is 5.56 Å². The Morgan fingerprint density at radius 1 is 1.71 bits per heavy atom. The summed E-state index contributed by atoms with van der Waals surface area (Å²) >= 11 is 0. The van der Waals surface area contributed by atoms with E-state index in [-0.39, 0.29) is 11.2 Å². The molecule has 0 aliphatic carbocycles. The molecule has 0 unspecified atom stereocenters. The van der Waals surface area contributed by atoms with Gasteiger partial charge in [0, 0.05) is 6.20 Å². The van der Waals surface area contributed by atoms with E-state index in [4.69, 9.17) is 10.5 Å². The van der Waals surface area contributed by atoms with Gasteiger partial charge in [0.2, 0.25) is 0 Å². The first-order valence-electron chi connectivity index (χ1n) is 4.44. The zero-order chi connectivity index (χ0) is 10.6. The molecule has 3 N–H and O–H groups in total. The monoisotopic (exact) mass is 194 g/mol. The van der Waals surface area contributed by atoms with Gasteiger partial charge in [-0.1, -0.05) is 6.92 Å². The zero-order valence-corrected chi connectivity index (χ0v) is 8.33. The van der Waals surface area contributed by atoms with Crippen LogP contribution in [0.5, 0.6) is 5.75 Å². The number of allylic oxidation sites excluding steroid dienone is 1. The molecule has 0 atom stereocenters. The van der Waals surface area contributed by atoms with Crippen molar-refractivity contribution in [2.45, 2.75) is 20.3 Å². The second-order valence-electron chi connectivity index (χ2n) is 3.02. The molecule has 0 radical (unpaired) electrons. The normalized spacial score (nSPS) is 11.4. The molecule has 0 saturated carbocycles. The molecule has 4 heteroatoms. The van der Waals surface area contributed by atoms with E-state index in [0.717, 1.165) is 12.0 Å². The highest BCUT2D eigenvalue weighted by molar-refractivity contribution is 5.49. The molecule has 0 aromatic carbocycles. The number of ether oxygens (including phenoxy) is 1. The summed E-state index contributed by atoms with van der Waals surface area (Å²) in [6.07, 6.45) is 4.01. The molecule has 14 heavy (non-hydrogen) atoms. The molecule has 0 aliphatic heterocycles. The summed E-state index contributed by atoms with van der Waals surface area (Å²) in [6.45, 7) is 3.97. The lowest BCUT2D eigenvalue weighted by molar-refractivity contribution is 0.475. The van der Waals surface area contributed by atoms with Crippen molar-refractivity contribution in [2.24, 2.45) is 0 Å². The van der Waals surface area contributed by atoms with E-state index in [1.165, 1.54) is 6.20 Å². The van der Waals surface area contributed by atoms with Gasteiger partial charge in [-0.3, -0.25) is 4.79 Å². The van der Waals surface area contributed by atoms with Crippen LogP contribution < -0.4 is 16.0 Å². The van der Waals surface area contributed by atoms with Crippen molar-refractivity contribution in [3.63, 3.8) is 0 Å². The number of anilines is 1. The lowest BCUT2D eigenvalue weighted by atomic mass is 10.3. The molecule has 1 aromatic heterocycles. The molecule has 0 bridgehead atoms. The summed E-state index contributed by atoms with van der Waals surface area (Å²) in [4.78, 5) is 13.5. The largest absolute Gasteiger partial charge is 0.463 e. The average Bonchev–Trinajstić information content (AvgIpc) is 2.20. The van der Waals surface area contributed by atoms with Crippen LogP contribution in [-0.4, -0.2) is 4.98 Å². The number of nitrogen functional groups attached to an aromatic ring is 1. The maximum Gasteiger partial charge on any atom is 0.274 e. The number of hydrogen-bond acceptors (Lipinski definition) is 3. The van der Waals surface area contributed by atoms with Crippen LogP contribution >= 0.6 is 0 Å². The Hall–Kier alpha value is -1.71. The van der Waals surface area contributed by atoms with Crippen molar-refractivity contribution in [1.82, 2.24) is 4.98 Å². The van der Waals surface area contributed by atoms with Crippen molar-refractivity contribution in [1.29, 1.82) is 0 Å². The summed E-state index contributed by atoms with van der Waals surface area (Å²) < 4.78 is 5.26. The molecule has 0 fully saturated rings. The first kappa shape index (κ1) is 10.4. The first-order valence-corrected chi connectivity index (χ1v) is 4.44. The molecule has 0 saturated heterocycles. The summed E-state index contributed by atoms with van der Waals surface area (Å²) in [5, 5.41) is 0. The molecule has 76 valence electrons. The van der Waals surface area contributed by atoms with Gasteiger partial charge >= 0.3 is 0 Å². The maximum atomic E-state index is 11.1. The topological polar surface area (TPSA) is 68.1 Å². The van der Waals surface area contributed by atoms with E-state index in [1.54, 1.807) is 12.3 Å². The minimum absolute atomic E-state index is 0.104. The van der Waals surface area contributed by atoms with Crippen LogP contribution in [0.4, 0.5) is 5.69 Å². The quantitative estimate of drug-likeness (QED) is 0.719. The minimum atomic E-state index is -0.329. The van der Waals surface area contributed by atoms with Crippen LogP contribution in [0, 0.1) is 0 Å². The summed E-state index contributed by atoms with van der Waals surface area (Å²) in [7, 11) is 0. The predicted molar refractivity (Wildman–Crippen MR) is 56.2 cm³/mol. The van der Waals surface area contributed by atoms with Crippen molar-refractivity contribution in [2.75, 3.05) is 5.73 Å². The third kappa shape index (κ3) is 2.39. The first-order chi connectivity index (χ1) is 6.65. The van der Waals surface area contributed by atoms with Gasteiger partial charge in [-0.25, -0.2) is 0 Å². The third-order valence-corrected chi connectivity index (χ3v) is 1.90. The van der Waals surface area contributed by atoms with Crippen LogP contribution in [0.15, 0.2) is 28.9 Å². The van der Waals surface area contributed by atoms with Gasteiger partial charge in [-0.2, -0.15) is 0 Å². The fourth-order valence-electron chi connectivity index (χ4n) is 0.823. The molecule has 1 rings (SSSR count). The van der Waals surface area contributed by atoms with Gasteiger partial charge in [0.1, 0.15) is 5.69 Å². The molecule has 0 spiro atoms. The Kier molecular flexibility index (Phi) is 3.34. The van der Waals surface area contributed by atoms with E-state index in [0.29, 0.717) is 5.75 Å². The number of aromatic amines is 1. The Bertz CT molecular complexity index is 393. The second kappa shape index (κ2) is 4.50. The highest BCUT2D eigenvalue weighted by Crippen LogP contribution is 2.15. The Morgan fingerprint density at radius 2 is 2.43 bits per heavy atom. The number of hydrogen-bond donors (Lipinski definition) is 2. The lowest BCUT2D eigenvalue weighted by Gasteiger charge is -2.03. The Morgan fingerprint density at radius 3 is 3.07 bits per heavy atom. The third-order valence-electron chi connectivity index (χ3n) is 1.90. The van der Waals surface area contributed by atoms with Crippen LogP contribution in [0.3, 0.4) is 0 Å². The number of nitrogens with two attached hydrogens (primary N) is 1. The SMILES string of the molecule is CC/C(C)=C\Oc1cc[nH]c(=O)c1N. The van der Waals surface area contributed by atoms with Gasteiger partial charge in [0.15, 0.2) is 5.75 Å². The average molecular weight is 194 g/mol. The number of nitrogens with one attached hydrogen (secondary N) is 1. The summed E-state index contributed by atoms with van der Waals surface area (Å²) in [6, 6.07) is 1.62. The van der Waals surface area contributed by atoms with Gasteiger partial charge < -0.3 is 15.5 Å². The number of aromatic nitrogens is 1. The highest BCUT2D eigenvalue weighted by atomic mass is 16.5. The smallest absolute Gasteiger partial charge is 0.274 e. The van der Waals surface area contributed by atoms with Crippen LogP contribution in [-0.2, 0) is 0 Å². The van der Waals surface area contributed by atoms with E-state index in [2.05, 4.69) is 4.98 Å². The molecular weight excluding hydrogens is 180 g/mol. The van der Waals surface area contributed by atoms with E-state index < -0.39 is 0 Å². The summed E-state index contributed by atoms with van der Waals surface area (Å²) in [5.74, 6) is 0.390. The van der Waals surface area contributed by atoms with Crippen molar-refractivity contribution < 1.29 is 4.74 Å². The summed E-state index contributed by atoms with van der Waals surface area (Å²) in [5.41, 5.74) is 6.38. The molecule has 1 heterocycles. The highest BCUT2D eigenvalue weighted by Gasteiger charge is 2.01. The fraction of sp³-hybridized carbons (Fsp3) is 0.300. The molecular formula is C10H14N2O2. The minimum Gasteiger partial charge on any atom is -0.463 e. The Balaban J connectivity index is 2.88. The molecule has 0 amide bonds. The maximum absolute atomic E-state index is 11.1. The molecule has 0 aliphatic rings. The van der Waals surface area contributed by atoms with Gasteiger partial charge in [-0.05, 0) is 25.0 Å². The standard InChI is InChI=1S/C10H14N2O2/c1-3-7(2)6-14-8-4-5-12-10(13)9(8)11/h4-6H,3,11H2,1-2H3,(H,12,13)/b7-6-. The van der Waals surface area contributed by atoms with Crippen LogP contribution in [0.1, 0.15) is 20.3 Å². The van der Waals surface area contributed by atoms with Gasteiger partial charge in [0.05, 0.1) is 6.26 Å².